The fourth-order valence-corrected chi connectivity index (χ4v) is 4.51. The number of rotatable bonds is 6. The van der Waals surface area contributed by atoms with E-state index in [9.17, 15) is 9.59 Å². The summed E-state index contributed by atoms with van der Waals surface area (Å²) in [5.41, 5.74) is 5.12. The van der Waals surface area contributed by atoms with E-state index in [0.29, 0.717) is 17.0 Å². The van der Waals surface area contributed by atoms with Crippen LogP contribution in [0.5, 0.6) is 0 Å². The summed E-state index contributed by atoms with van der Waals surface area (Å²) >= 11 is 0. The molecule has 0 radical (unpaired) electrons. The molecule has 0 bridgehead atoms. The lowest BCUT2D eigenvalue weighted by Crippen LogP contribution is -2.32. The lowest BCUT2D eigenvalue weighted by Gasteiger charge is -2.18. The van der Waals surface area contributed by atoms with E-state index in [1.165, 1.54) is 23.4 Å². The van der Waals surface area contributed by atoms with Gasteiger partial charge >= 0.3 is 0 Å². The summed E-state index contributed by atoms with van der Waals surface area (Å²) in [5, 5.41) is 3.26. The number of anilines is 3. The summed E-state index contributed by atoms with van der Waals surface area (Å²) in [5.74, 6) is -0.654. The first-order chi connectivity index (χ1) is 16.2. The average molecular weight is 438 g/mol. The molecule has 0 aromatic heterocycles. The number of amides is 2. The Labute approximate surface area is 194 Å². The van der Waals surface area contributed by atoms with Gasteiger partial charge in [-0.2, -0.15) is 0 Å². The van der Waals surface area contributed by atoms with Crippen molar-refractivity contribution in [1.29, 1.82) is 0 Å². The number of nitrogens with one attached hydrogen (secondary N) is 1. The van der Waals surface area contributed by atoms with Crippen molar-refractivity contribution in [3.63, 3.8) is 0 Å². The second-order valence-electron chi connectivity index (χ2n) is 8.45. The van der Waals surface area contributed by atoms with Gasteiger partial charge in [-0.3, -0.25) is 9.59 Å². The van der Waals surface area contributed by atoms with Crippen LogP contribution in [0.3, 0.4) is 0 Å². The molecule has 1 N–H and O–H groups in total. The minimum Gasteiger partial charge on any atom is -0.372 e. The molecule has 5 rings (SSSR count). The van der Waals surface area contributed by atoms with Crippen molar-refractivity contribution in [1.82, 2.24) is 0 Å². The van der Waals surface area contributed by atoms with E-state index in [-0.39, 0.29) is 11.8 Å². The minimum absolute atomic E-state index is 0.305. The molecule has 1 fully saturated rings. The molecule has 5 nitrogen and oxygen atoms in total. The topological polar surface area (TPSA) is 52.7 Å². The van der Waals surface area contributed by atoms with Gasteiger partial charge in [-0.25, -0.2) is 4.90 Å². The third kappa shape index (κ3) is 4.02. The lowest BCUT2D eigenvalue weighted by atomic mass is 10.0. The molecule has 0 atom stereocenters. The summed E-state index contributed by atoms with van der Waals surface area (Å²) in [6, 6.07) is 25.1. The highest BCUT2D eigenvalue weighted by atomic mass is 16.2. The van der Waals surface area contributed by atoms with E-state index in [4.69, 9.17) is 0 Å². The van der Waals surface area contributed by atoms with Crippen LogP contribution in [0.15, 0.2) is 84.6 Å². The highest BCUT2D eigenvalue weighted by molar-refractivity contribution is 6.46. The Morgan fingerprint density at radius 3 is 2.03 bits per heavy atom. The zero-order chi connectivity index (χ0) is 22.8. The zero-order valence-electron chi connectivity index (χ0n) is 18.8. The van der Waals surface area contributed by atoms with Crippen molar-refractivity contribution in [3.05, 3.63) is 95.7 Å². The number of hydrogen-bond acceptors (Lipinski definition) is 4. The van der Waals surface area contributed by atoms with Crippen LogP contribution in [-0.2, 0) is 16.0 Å². The van der Waals surface area contributed by atoms with Crippen LogP contribution in [0.1, 0.15) is 30.9 Å². The molecule has 3 aromatic rings. The van der Waals surface area contributed by atoms with Crippen LogP contribution in [-0.4, -0.2) is 24.9 Å². The maximum Gasteiger partial charge on any atom is 0.282 e. The molecule has 0 saturated carbocycles. The van der Waals surface area contributed by atoms with Gasteiger partial charge in [0, 0.05) is 24.5 Å². The molecule has 2 amide bonds. The second-order valence-corrected chi connectivity index (χ2v) is 8.45. The van der Waals surface area contributed by atoms with Gasteiger partial charge in [-0.05, 0) is 66.8 Å². The van der Waals surface area contributed by atoms with E-state index < -0.39 is 0 Å². The molecular formula is C28H27N3O2. The van der Waals surface area contributed by atoms with Crippen molar-refractivity contribution in [3.8, 4) is 0 Å². The number of aryl methyl sites for hydroxylation is 1. The Balaban J connectivity index is 1.49. The number of carbonyl (C=O) groups is 2. The van der Waals surface area contributed by atoms with Crippen molar-refractivity contribution >= 4 is 34.4 Å². The molecule has 0 spiro atoms. The smallest absolute Gasteiger partial charge is 0.282 e. The molecule has 1 saturated heterocycles. The van der Waals surface area contributed by atoms with E-state index in [0.717, 1.165) is 36.3 Å². The van der Waals surface area contributed by atoms with Gasteiger partial charge in [0.05, 0.1) is 11.3 Å². The number of benzene rings is 3. The molecule has 33 heavy (non-hydrogen) atoms. The molecule has 166 valence electrons. The summed E-state index contributed by atoms with van der Waals surface area (Å²) in [6.07, 6.45) is 3.34. The number of hydrogen-bond donors (Lipinski definition) is 1. The van der Waals surface area contributed by atoms with Crippen LogP contribution in [0.25, 0.3) is 5.57 Å². The molecule has 0 unspecified atom stereocenters. The maximum atomic E-state index is 13.5. The number of imide groups is 1. The third-order valence-corrected chi connectivity index (χ3v) is 6.36. The molecule has 5 heteroatoms. The van der Waals surface area contributed by atoms with Crippen molar-refractivity contribution in [2.75, 3.05) is 28.2 Å². The summed E-state index contributed by atoms with van der Waals surface area (Å²) in [6.45, 7) is 4.23. The SMILES string of the molecule is CCc1ccc(N2C(=O)C(Nc3ccc(N4CCCC4)cc3)=C(c3ccccc3)C2=O)cc1. The van der Waals surface area contributed by atoms with Crippen LogP contribution in [0.4, 0.5) is 17.1 Å². The van der Waals surface area contributed by atoms with E-state index in [1.807, 2.05) is 66.7 Å². The molecular weight excluding hydrogens is 410 g/mol. The predicted octanol–water partition coefficient (Wildman–Crippen LogP) is 5.25. The average Bonchev–Trinajstić information content (AvgIpc) is 3.47. The van der Waals surface area contributed by atoms with Gasteiger partial charge in [0.25, 0.3) is 11.8 Å². The fourth-order valence-electron chi connectivity index (χ4n) is 4.51. The van der Waals surface area contributed by atoms with Crippen LogP contribution in [0, 0.1) is 0 Å². The van der Waals surface area contributed by atoms with Gasteiger partial charge in [-0.15, -0.1) is 0 Å². The largest absolute Gasteiger partial charge is 0.372 e. The zero-order valence-corrected chi connectivity index (χ0v) is 18.8. The number of nitrogens with zero attached hydrogens (tertiary/aromatic N) is 2. The molecule has 2 aliphatic rings. The standard InChI is InChI=1S/C28H27N3O2/c1-2-20-10-14-24(15-11-20)31-27(32)25(21-8-4-3-5-9-21)26(28(31)33)29-22-12-16-23(17-13-22)30-18-6-7-19-30/h3-5,8-17,29H,2,6-7,18-19H2,1H3. The Kier molecular flexibility index (Phi) is 5.69. The third-order valence-electron chi connectivity index (χ3n) is 6.36. The van der Waals surface area contributed by atoms with Gasteiger partial charge in [-0.1, -0.05) is 49.4 Å². The quantitative estimate of drug-likeness (QED) is 0.536. The molecule has 0 aliphatic carbocycles. The van der Waals surface area contributed by atoms with E-state index in [2.05, 4.69) is 29.3 Å². The van der Waals surface area contributed by atoms with Crippen molar-refractivity contribution in [2.24, 2.45) is 0 Å². The Morgan fingerprint density at radius 1 is 0.758 bits per heavy atom. The van der Waals surface area contributed by atoms with Gasteiger partial charge < -0.3 is 10.2 Å². The Morgan fingerprint density at radius 2 is 1.39 bits per heavy atom. The Bertz CT molecular complexity index is 1190. The fraction of sp³-hybridized carbons (Fsp3) is 0.214. The van der Waals surface area contributed by atoms with Crippen molar-refractivity contribution < 1.29 is 9.59 Å². The Hall–Kier alpha value is -3.86. The van der Waals surface area contributed by atoms with E-state index in [1.54, 1.807) is 0 Å². The first-order valence-corrected chi connectivity index (χ1v) is 11.5. The maximum absolute atomic E-state index is 13.5. The molecule has 2 aliphatic heterocycles. The van der Waals surface area contributed by atoms with Crippen LogP contribution < -0.4 is 15.1 Å². The van der Waals surface area contributed by atoms with Crippen molar-refractivity contribution in [2.45, 2.75) is 26.2 Å². The molecule has 3 aromatic carbocycles. The first kappa shape index (κ1) is 21.0. The molecule has 2 heterocycles. The normalized spacial score (nSPS) is 16.2. The highest BCUT2D eigenvalue weighted by Crippen LogP contribution is 2.34. The van der Waals surface area contributed by atoms with Gasteiger partial charge in [0.1, 0.15) is 5.70 Å². The highest BCUT2D eigenvalue weighted by Gasteiger charge is 2.40. The van der Waals surface area contributed by atoms with Gasteiger partial charge in [0.2, 0.25) is 0 Å². The first-order valence-electron chi connectivity index (χ1n) is 11.5. The summed E-state index contributed by atoms with van der Waals surface area (Å²) in [4.78, 5) is 30.6. The van der Waals surface area contributed by atoms with E-state index >= 15 is 0 Å². The van der Waals surface area contributed by atoms with Crippen LogP contribution in [0.2, 0.25) is 0 Å². The minimum atomic E-state index is -0.341. The predicted molar refractivity (Wildman–Crippen MR) is 133 cm³/mol. The second kappa shape index (κ2) is 8.94. The monoisotopic (exact) mass is 437 g/mol. The summed E-state index contributed by atoms with van der Waals surface area (Å²) in [7, 11) is 0. The van der Waals surface area contributed by atoms with Gasteiger partial charge in [0.15, 0.2) is 0 Å². The van der Waals surface area contributed by atoms with Crippen LogP contribution >= 0.6 is 0 Å². The lowest BCUT2D eigenvalue weighted by molar-refractivity contribution is -0.120. The number of carbonyl (C=O) groups excluding carboxylic acids is 2. The summed E-state index contributed by atoms with van der Waals surface area (Å²) < 4.78 is 0.